The monoisotopic (exact) mass is 277 g/mol. The minimum absolute atomic E-state index is 0.866. The first-order valence-electron chi connectivity index (χ1n) is 6.99. The van der Waals surface area contributed by atoms with Crippen molar-refractivity contribution in [3.63, 3.8) is 0 Å². The van der Waals surface area contributed by atoms with Gasteiger partial charge >= 0.3 is 0 Å². The van der Waals surface area contributed by atoms with Gasteiger partial charge in [-0.3, -0.25) is 4.98 Å². The van der Waals surface area contributed by atoms with Crippen LogP contribution in [0.2, 0.25) is 0 Å². The van der Waals surface area contributed by atoms with Crippen LogP contribution in [0.15, 0.2) is 48.8 Å². The van der Waals surface area contributed by atoms with Crippen molar-refractivity contribution in [2.75, 3.05) is 18.5 Å². The lowest BCUT2D eigenvalue weighted by molar-refractivity contribution is 0.706. The molecule has 0 saturated carbocycles. The highest BCUT2D eigenvalue weighted by Gasteiger charge is 2.22. The van der Waals surface area contributed by atoms with E-state index in [1.54, 1.807) is 12.4 Å². The van der Waals surface area contributed by atoms with Crippen LogP contribution in [0.3, 0.4) is 0 Å². The molecule has 2 aromatic heterocycles. The van der Waals surface area contributed by atoms with Crippen LogP contribution in [0.1, 0.15) is 0 Å². The lowest BCUT2D eigenvalue weighted by Gasteiger charge is -2.18. The fourth-order valence-corrected chi connectivity index (χ4v) is 2.79. The van der Waals surface area contributed by atoms with E-state index in [1.165, 1.54) is 5.69 Å². The molecular formula is C16H15N5. The first kappa shape index (κ1) is 12.1. The van der Waals surface area contributed by atoms with Crippen LogP contribution in [0, 0.1) is 0 Å². The van der Waals surface area contributed by atoms with Gasteiger partial charge in [-0.05, 0) is 24.3 Å². The van der Waals surface area contributed by atoms with Crippen molar-refractivity contribution in [1.82, 2.24) is 19.7 Å². The summed E-state index contributed by atoms with van der Waals surface area (Å²) in [6, 6.07) is 12.3. The standard InChI is InChI=1S/C16H15N5/c1-20-10-11-21-15(12-6-8-17-9-7-12)18-19-16(21)13-4-2-3-5-14(13)20/h2-9H,10-11H2,1H3. The summed E-state index contributed by atoms with van der Waals surface area (Å²) in [6.07, 6.45) is 3.57. The molecule has 0 unspecified atom stereocenters. The second kappa shape index (κ2) is 4.70. The number of fused-ring (bicyclic) bond motifs is 3. The summed E-state index contributed by atoms with van der Waals surface area (Å²) in [7, 11) is 2.12. The Bertz CT molecular complexity index is 778. The molecule has 0 radical (unpaired) electrons. The molecular weight excluding hydrogens is 262 g/mol. The van der Waals surface area contributed by atoms with Crippen LogP contribution in [0.4, 0.5) is 5.69 Å². The van der Waals surface area contributed by atoms with Gasteiger partial charge in [0.2, 0.25) is 0 Å². The minimum Gasteiger partial charge on any atom is -0.372 e. The highest BCUT2D eigenvalue weighted by atomic mass is 15.3. The lowest BCUT2D eigenvalue weighted by atomic mass is 10.1. The first-order chi connectivity index (χ1) is 10.3. The van der Waals surface area contributed by atoms with Gasteiger partial charge in [0.05, 0.1) is 0 Å². The minimum atomic E-state index is 0.866. The molecule has 0 fully saturated rings. The topological polar surface area (TPSA) is 46.8 Å². The fourth-order valence-electron chi connectivity index (χ4n) is 2.79. The number of benzene rings is 1. The van der Waals surface area contributed by atoms with Crippen molar-refractivity contribution in [2.45, 2.75) is 6.54 Å². The van der Waals surface area contributed by atoms with E-state index < -0.39 is 0 Å². The molecule has 0 aliphatic carbocycles. The quantitative estimate of drug-likeness (QED) is 0.685. The zero-order valence-corrected chi connectivity index (χ0v) is 11.8. The van der Waals surface area contributed by atoms with E-state index in [2.05, 4.69) is 49.9 Å². The van der Waals surface area contributed by atoms with Crippen molar-refractivity contribution in [1.29, 1.82) is 0 Å². The largest absolute Gasteiger partial charge is 0.372 e. The van der Waals surface area contributed by atoms with Crippen molar-refractivity contribution in [3.05, 3.63) is 48.8 Å². The number of nitrogens with zero attached hydrogens (tertiary/aromatic N) is 5. The molecule has 1 aliphatic rings. The number of rotatable bonds is 1. The second-order valence-corrected chi connectivity index (χ2v) is 5.17. The van der Waals surface area contributed by atoms with Crippen molar-refractivity contribution >= 4 is 5.69 Å². The highest BCUT2D eigenvalue weighted by molar-refractivity contribution is 5.76. The van der Waals surface area contributed by atoms with Crippen LogP contribution in [-0.4, -0.2) is 33.3 Å². The van der Waals surface area contributed by atoms with Crippen LogP contribution >= 0.6 is 0 Å². The predicted molar refractivity (Wildman–Crippen MR) is 82.0 cm³/mol. The van der Waals surface area contributed by atoms with Gasteiger partial charge in [-0.1, -0.05) is 12.1 Å². The summed E-state index contributed by atoms with van der Waals surface area (Å²) < 4.78 is 2.19. The van der Waals surface area contributed by atoms with Crippen LogP contribution < -0.4 is 4.90 Å². The Hall–Kier alpha value is -2.69. The molecule has 0 saturated heterocycles. The average molecular weight is 277 g/mol. The SMILES string of the molecule is CN1CCn2c(-c3ccncc3)nnc2-c2ccccc21. The van der Waals surface area contributed by atoms with Gasteiger partial charge < -0.3 is 9.47 Å². The Balaban J connectivity index is 1.92. The van der Waals surface area contributed by atoms with Gasteiger partial charge in [0.1, 0.15) is 0 Å². The van der Waals surface area contributed by atoms with Crippen LogP contribution in [0.25, 0.3) is 22.8 Å². The molecule has 5 heteroatoms. The van der Waals surface area contributed by atoms with E-state index in [0.29, 0.717) is 0 Å². The molecule has 0 spiro atoms. The van der Waals surface area contributed by atoms with Crippen molar-refractivity contribution < 1.29 is 0 Å². The van der Waals surface area contributed by atoms with Gasteiger partial charge in [-0.15, -0.1) is 10.2 Å². The maximum atomic E-state index is 4.43. The van der Waals surface area contributed by atoms with E-state index >= 15 is 0 Å². The molecule has 5 nitrogen and oxygen atoms in total. The van der Waals surface area contributed by atoms with E-state index in [9.17, 15) is 0 Å². The molecule has 21 heavy (non-hydrogen) atoms. The highest BCUT2D eigenvalue weighted by Crippen LogP contribution is 2.33. The number of hydrogen-bond acceptors (Lipinski definition) is 4. The van der Waals surface area contributed by atoms with Crippen molar-refractivity contribution in [2.24, 2.45) is 0 Å². The molecule has 0 amide bonds. The molecule has 0 atom stereocenters. The normalized spacial score (nSPS) is 13.5. The summed E-state index contributed by atoms with van der Waals surface area (Å²) in [5.41, 5.74) is 3.38. The summed E-state index contributed by atoms with van der Waals surface area (Å²) in [5, 5.41) is 8.84. The number of aromatic nitrogens is 4. The van der Waals surface area contributed by atoms with Gasteiger partial charge in [0, 0.05) is 49.3 Å². The Kier molecular flexibility index (Phi) is 2.70. The molecule has 104 valence electrons. The molecule has 0 bridgehead atoms. The van der Waals surface area contributed by atoms with Crippen LogP contribution in [-0.2, 0) is 6.54 Å². The van der Waals surface area contributed by atoms with E-state index in [0.717, 1.165) is 35.9 Å². The summed E-state index contributed by atoms with van der Waals surface area (Å²) >= 11 is 0. The molecule has 0 N–H and O–H groups in total. The smallest absolute Gasteiger partial charge is 0.166 e. The Morgan fingerprint density at radius 3 is 2.52 bits per heavy atom. The first-order valence-corrected chi connectivity index (χ1v) is 6.99. The second-order valence-electron chi connectivity index (χ2n) is 5.17. The summed E-state index contributed by atoms with van der Waals surface area (Å²) in [5.74, 6) is 1.83. The van der Waals surface area contributed by atoms with E-state index in [4.69, 9.17) is 0 Å². The summed E-state index contributed by atoms with van der Waals surface area (Å²) in [4.78, 5) is 6.33. The molecule has 1 aliphatic heterocycles. The van der Waals surface area contributed by atoms with E-state index in [-0.39, 0.29) is 0 Å². The van der Waals surface area contributed by atoms with Gasteiger partial charge in [0.25, 0.3) is 0 Å². The number of hydrogen-bond donors (Lipinski definition) is 0. The average Bonchev–Trinajstić information content (AvgIpc) is 2.91. The predicted octanol–water partition coefficient (Wildman–Crippen LogP) is 2.46. The maximum Gasteiger partial charge on any atom is 0.166 e. The van der Waals surface area contributed by atoms with E-state index in [1.807, 2.05) is 18.2 Å². The number of likely N-dealkylation sites (N-methyl/N-ethyl adjacent to an activating group) is 1. The Morgan fingerprint density at radius 1 is 0.905 bits per heavy atom. The maximum absolute atomic E-state index is 4.43. The zero-order chi connectivity index (χ0) is 14.2. The molecule has 3 aromatic rings. The van der Waals surface area contributed by atoms with Gasteiger partial charge in [0.15, 0.2) is 11.6 Å². The number of para-hydroxylation sites is 1. The molecule has 3 heterocycles. The summed E-state index contributed by atoms with van der Waals surface area (Å²) in [6.45, 7) is 1.80. The van der Waals surface area contributed by atoms with Crippen molar-refractivity contribution in [3.8, 4) is 22.8 Å². The fraction of sp³-hybridized carbons (Fsp3) is 0.188. The van der Waals surface area contributed by atoms with Crippen LogP contribution in [0.5, 0.6) is 0 Å². The van der Waals surface area contributed by atoms with Gasteiger partial charge in [-0.2, -0.15) is 0 Å². The third kappa shape index (κ3) is 1.89. The third-order valence-electron chi connectivity index (χ3n) is 3.90. The van der Waals surface area contributed by atoms with Gasteiger partial charge in [-0.25, -0.2) is 0 Å². The third-order valence-corrected chi connectivity index (χ3v) is 3.90. The zero-order valence-electron chi connectivity index (χ0n) is 11.8. The Morgan fingerprint density at radius 2 is 1.67 bits per heavy atom. The Labute approximate surface area is 122 Å². The number of anilines is 1. The number of pyridine rings is 1. The molecule has 1 aromatic carbocycles. The molecule has 4 rings (SSSR count). The lowest BCUT2D eigenvalue weighted by Crippen LogP contribution is -2.20.